The van der Waals surface area contributed by atoms with Crippen LogP contribution < -0.4 is 0 Å². The highest BCUT2D eigenvalue weighted by atomic mass is 16.4. The van der Waals surface area contributed by atoms with Gasteiger partial charge in [-0.05, 0) is 41.8 Å². The summed E-state index contributed by atoms with van der Waals surface area (Å²) in [4.78, 5) is 4.95. The molecule has 9 rings (SSSR count). The highest BCUT2D eigenvalue weighted by molar-refractivity contribution is 6.29. The van der Waals surface area contributed by atoms with Gasteiger partial charge in [-0.2, -0.15) is 4.98 Å². The zero-order chi connectivity index (χ0) is 25.5. The first-order valence-corrected chi connectivity index (χ1v) is 13.2. The first-order chi connectivity index (χ1) is 19.4. The fourth-order valence-corrected chi connectivity index (χ4v) is 6.32. The molecule has 39 heavy (non-hydrogen) atoms. The van der Waals surface area contributed by atoms with Crippen LogP contribution in [0, 0.1) is 0 Å². The zero-order valence-electron chi connectivity index (χ0n) is 20.9. The molecule has 0 radical (unpaired) electrons. The molecule has 0 atom stereocenters. The van der Waals surface area contributed by atoms with Crippen molar-refractivity contribution in [3.05, 3.63) is 127 Å². The van der Waals surface area contributed by atoms with Crippen LogP contribution in [0.25, 0.3) is 77.2 Å². The SMILES string of the molecule is c1ccc(-n2c3ccc4c5ccccc5n(-c5nc6ccccc6o5)c4c3c3ccc4ccccc4c32)cc1. The van der Waals surface area contributed by atoms with E-state index in [-0.39, 0.29) is 0 Å². The van der Waals surface area contributed by atoms with Crippen molar-refractivity contribution in [1.82, 2.24) is 14.1 Å². The lowest BCUT2D eigenvalue weighted by Crippen LogP contribution is -1.95. The summed E-state index contributed by atoms with van der Waals surface area (Å²) in [7, 11) is 0. The fourth-order valence-electron chi connectivity index (χ4n) is 6.32. The van der Waals surface area contributed by atoms with Crippen molar-refractivity contribution in [2.24, 2.45) is 0 Å². The minimum Gasteiger partial charge on any atom is -0.423 e. The number of aromatic nitrogens is 3. The lowest BCUT2D eigenvalue weighted by atomic mass is 10.0. The molecule has 0 saturated carbocycles. The van der Waals surface area contributed by atoms with Crippen LogP contribution in [0.15, 0.2) is 132 Å². The second-order valence-corrected chi connectivity index (χ2v) is 10.0. The third kappa shape index (κ3) is 2.75. The number of hydrogen-bond donors (Lipinski definition) is 0. The van der Waals surface area contributed by atoms with E-state index >= 15 is 0 Å². The van der Waals surface area contributed by atoms with Crippen molar-refractivity contribution in [2.45, 2.75) is 0 Å². The minimum atomic E-state index is 0.580. The number of fused-ring (bicyclic) bond motifs is 10. The van der Waals surface area contributed by atoms with Gasteiger partial charge in [0.25, 0.3) is 0 Å². The molecule has 0 N–H and O–H groups in total. The van der Waals surface area contributed by atoms with Gasteiger partial charge < -0.3 is 8.98 Å². The van der Waals surface area contributed by atoms with E-state index in [1.807, 2.05) is 24.3 Å². The van der Waals surface area contributed by atoms with E-state index in [4.69, 9.17) is 9.40 Å². The van der Waals surface area contributed by atoms with Crippen molar-refractivity contribution < 1.29 is 4.42 Å². The molecule has 3 heterocycles. The highest BCUT2D eigenvalue weighted by Crippen LogP contribution is 2.43. The number of hydrogen-bond acceptors (Lipinski definition) is 2. The first-order valence-electron chi connectivity index (χ1n) is 13.2. The summed E-state index contributed by atoms with van der Waals surface area (Å²) in [6.07, 6.45) is 0. The van der Waals surface area contributed by atoms with Crippen molar-refractivity contribution in [3.8, 4) is 11.7 Å². The summed E-state index contributed by atoms with van der Waals surface area (Å²) in [5.41, 5.74) is 7.31. The van der Waals surface area contributed by atoms with Crippen LogP contribution in [0.1, 0.15) is 0 Å². The van der Waals surface area contributed by atoms with Crippen LogP contribution in [0.2, 0.25) is 0 Å². The number of para-hydroxylation sites is 4. The van der Waals surface area contributed by atoms with Gasteiger partial charge in [-0.15, -0.1) is 0 Å². The maximum absolute atomic E-state index is 6.40. The van der Waals surface area contributed by atoms with Gasteiger partial charge in [-0.3, -0.25) is 4.57 Å². The monoisotopic (exact) mass is 499 g/mol. The molecular weight excluding hydrogens is 478 g/mol. The lowest BCUT2D eigenvalue weighted by Gasteiger charge is -2.09. The molecule has 3 aromatic heterocycles. The average Bonchev–Trinajstić information content (AvgIpc) is 3.67. The Hall–Kier alpha value is -5.35. The van der Waals surface area contributed by atoms with Crippen LogP contribution in [-0.2, 0) is 0 Å². The Labute approximate surface area is 222 Å². The average molecular weight is 500 g/mol. The molecule has 0 bridgehead atoms. The Bertz CT molecular complexity index is 2360. The van der Waals surface area contributed by atoms with Crippen molar-refractivity contribution >= 4 is 65.5 Å². The predicted molar refractivity (Wildman–Crippen MR) is 160 cm³/mol. The summed E-state index contributed by atoms with van der Waals surface area (Å²) < 4.78 is 11.0. The van der Waals surface area contributed by atoms with Crippen molar-refractivity contribution in [2.75, 3.05) is 0 Å². The second-order valence-electron chi connectivity index (χ2n) is 10.0. The topological polar surface area (TPSA) is 35.9 Å². The van der Waals surface area contributed by atoms with Crippen LogP contribution >= 0.6 is 0 Å². The first kappa shape index (κ1) is 20.7. The minimum absolute atomic E-state index is 0.580. The second kappa shape index (κ2) is 7.59. The van der Waals surface area contributed by atoms with Gasteiger partial charge >= 0.3 is 6.01 Å². The molecule has 0 aliphatic rings. The maximum atomic E-state index is 6.40. The maximum Gasteiger partial charge on any atom is 0.307 e. The number of nitrogens with zero attached hydrogens (tertiary/aromatic N) is 3. The molecule has 0 spiro atoms. The van der Waals surface area contributed by atoms with Crippen LogP contribution in [0.5, 0.6) is 0 Å². The molecule has 0 unspecified atom stereocenters. The Balaban J connectivity index is 1.56. The van der Waals surface area contributed by atoms with Gasteiger partial charge in [0.1, 0.15) is 5.52 Å². The fraction of sp³-hybridized carbons (Fsp3) is 0. The van der Waals surface area contributed by atoms with Gasteiger partial charge in [0, 0.05) is 32.6 Å². The van der Waals surface area contributed by atoms with Gasteiger partial charge in [0.15, 0.2) is 5.58 Å². The Morgan fingerprint density at radius 1 is 0.487 bits per heavy atom. The molecule has 4 nitrogen and oxygen atoms in total. The summed E-state index contributed by atoms with van der Waals surface area (Å²) in [6, 6.07) is 45.4. The number of benzene rings is 6. The quantitative estimate of drug-likeness (QED) is 0.238. The summed E-state index contributed by atoms with van der Waals surface area (Å²) in [5.74, 6) is 0. The molecule has 0 fully saturated rings. The van der Waals surface area contributed by atoms with E-state index < -0.39 is 0 Å². The Morgan fingerprint density at radius 3 is 2.13 bits per heavy atom. The summed E-state index contributed by atoms with van der Waals surface area (Å²) in [5, 5.41) is 7.21. The molecule has 0 saturated heterocycles. The van der Waals surface area contributed by atoms with E-state index in [1.165, 1.54) is 37.8 Å². The van der Waals surface area contributed by atoms with E-state index in [0.717, 1.165) is 33.3 Å². The van der Waals surface area contributed by atoms with Gasteiger partial charge in [0.2, 0.25) is 0 Å². The summed E-state index contributed by atoms with van der Waals surface area (Å²) in [6.45, 7) is 0. The number of oxazole rings is 1. The smallest absolute Gasteiger partial charge is 0.307 e. The largest absolute Gasteiger partial charge is 0.423 e. The van der Waals surface area contributed by atoms with Crippen LogP contribution in [0.4, 0.5) is 0 Å². The highest BCUT2D eigenvalue weighted by Gasteiger charge is 2.23. The lowest BCUT2D eigenvalue weighted by molar-refractivity contribution is 0.574. The summed E-state index contributed by atoms with van der Waals surface area (Å²) >= 11 is 0. The molecule has 0 amide bonds. The van der Waals surface area contributed by atoms with Crippen molar-refractivity contribution in [3.63, 3.8) is 0 Å². The Morgan fingerprint density at radius 2 is 1.23 bits per heavy atom. The third-order valence-corrected chi connectivity index (χ3v) is 7.94. The molecule has 0 aliphatic carbocycles. The third-order valence-electron chi connectivity index (χ3n) is 7.94. The molecule has 182 valence electrons. The van der Waals surface area contributed by atoms with Crippen molar-refractivity contribution in [1.29, 1.82) is 0 Å². The molecular formula is C35H21N3O. The Kier molecular flexibility index (Phi) is 4.02. The van der Waals surface area contributed by atoms with Gasteiger partial charge in [-0.25, -0.2) is 0 Å². The molecule has 6 aromatic carbocycles. The standard InChI is InChI=1S/C35H21N3O/c1-2-11-23(12-3-1)37-30-21-20-26-25-14-6-8-16-29(25)38(35-36-28-15-7-9-17-31(28)39-35)34(26)32(30)27-19-18-22-10-4-5-13-24(22)33(27)37/h1-21H. The molecule has 4 heteroatoms. The van der Waals surface area contributed by atoms with Gasteiger partial charge in [0.05, 0.1) is 22.1 Å². The van der Waals surface area contributed by atoms with Gasteiger partial charge in [-0.1, -0.05) is 91.0 Å². The number of rotatable bonds is 2. The van der Waals surface area contributed by atoms with E-state index in [1.54, 1.807) is 0 Å². The zero-order valence-corrected chi connectivity index (χ0v) is 20.9. The van der Waals surface area contributed by atoms with E-state index in [9.17, 15) is 0 Å². The van der Waals surface area contributed by atoms with Crippen LogP contribution in [-0.4, -0.2) is 14.1 Å². The molecule has 9 aromatic rings. The van der Waals surface area contributed by atoms with E-state index in [0.29, 0.717) is 6.01 Å². The predicted octanol–water partition coefficient (Wildman–Crippen LogP) is 9.18. The van der Waals surface area contributed by atoms with Crippen LogP contribution in [0.3, 0.4) is 0 Å². The van der Waals surface area contributed by atoms with E-state index in [2.05, 4.69) is 112 Å². The molecule has 0 aliphatic heterocycles. The normalized spacial score (nSPS) is 12.1.